The van der Waals surface area contributed by atoms with Crippen LogP contribution in [0.25, 0.3) is 0 Å². The zero-order chi connectivity index (χ0) is 24.8. The first-order chi connectivity index (χ1) is 17.0. The maximum Gasteiger partial charge on any atom is 0.311 e. The fourth-order valence-electron chi connectivity index (χ4n) is 3.94. The molecular formula is C25H23N5O5. The van der Waals surface area contributed by atoms with E-state index in [0.717, 1.165) is 11.1 Å². The molecule has 2 N–H and O–H groups in total. The fraction of sp³-hybridized carbons (Fsp3) is 0.160. The van der Waals surface area contributed by atoms with Gasteiger partial charge >= 0.3 is 5.69 Å². The topological polar surface area (TPSA) is 127 Å². The molecule has 4 rings (SSSR count). The molecule has 0 bridgehead atoms. The molecule has 178 valence electrons. The number of nitro groups is 1. The molecule has 1 aliphatic heterocycles. The number of hydrogen-bond acceptors (Lipinski definition) is 8. The van der Waals surface area contributed by atoms with E-state index >= 15 is 0 Å². The molecular weight excluding hydrogens is 450 g/mol. The quantitative estimate of drug-likeness (QED) is 0.293. The van der Waals surface area contributed by atoms with Crippen LogP contribution in [0, 0.1) is 10.1 Å². The second-order valence-corrected chi connectivity index (χ2v) is 7.71. The van der Waals surface area contributed by atoms with Crippen molar-refractivity contribution >= 4 is 23.5 Å². The third-order valence-electron chi connectivity index (χ3n) is 5.71. The van der Waals surface area contributed by atoms with Gasteiger partial charge < -0.3 is 9.47 Å². The molecule has 0 spiro atoms. The van der Waals surface area contributed by atoms with E-state index in [4.69, 9.17) is 9.47 Å². The third kappa shape index (κ3) is 4.67. The molecule has 10 heteroatoms. The summed E-state index contributed by atoms with van der Waals surface area (Å²) in [6.07, 6.45) is 1.58. The summed E-state index contributed by atoms with van der Waals surface area (Å²) in [5.41, 5.74) is 7.16. The summed E-state index contributed by atoms with van der Waals surface area (Å²) in [6, 6.07) is 22.2. The Hall–Kier alpha value is -4.73. The molecule has 0 atom stereocenters. The molecule has 0 fully saturated rings. The normalized spacial score (nSPS) is 14.2. The van der Waals surface area contributed by atoms with Crippen molar-refractivity contribution < 1.29 is 19.2 Å². The predicted octanol–water partition coefficient (Wildman–Crippen LogP) is 3.36. The predicted molar refractivity (Wildman–Crippen MR) is 131 cm³/mol. The van der Waals surface area contributed by atoms with Gasteiger partial charge in [-0.3, -0.25) is 20.3 Å². The van der Waals surface area contributed by atoms with Gasteiger partial charge in [0.1, 0.15) is 17.0 Å². The van der Waals surface area contributed by atoms with E-state index in [1.54, 1.807) is 0 Å². The number of ether oxygens (including phenoxy) is 2. The van der Waals surface area contributed by atoms with Crippen LogP contribution in [0.3, 0.4) is 0 Å². The smallest absolute Gasteiger partial charge is 0.311 e. The van der Waals surface area contributed by atoms with Crippen molar-refractivity contribution in [2.75, 3.05) is 14.2 Å². The second-order valence-electron chi connectivity index (χ2n) is 7.71. The Morgan fingerprint density at radius 2 is 1.66 bits per heavy atom. The summed E-state index contributed by atoms with van der Waals surface area (Å²) in [5.74, 6) is -0.139. The first-order valence-corrected chi connectivity index (χ1v) is 10.7. The molecule has 0 aliphatic carbocycles. The lowest BCUT2D eigenvalue weighted by molar-refractivity contribution is -0.385. The van der Waals surface area contributed by atoms with E-state index in [1.807, 2.05) is 60.7 Å². The highest BCUT2D eigenvalue weighted by molar-refractivity contribution is 6.39. The van der Waals surface area contributed by atoms with Gasteiger partial charge in [0.15, 0.2) is 0 Å². The van der Waals surface area contributed by atoms with Crippen molar-refractivity contribution in [3.05, 3.63) is 99.6 Å². The van der Waals surface area contributed by atoms with Crippen molar-refractivity contribution in [2.24, 2.45) is 10.2 Å². The minimum atomic E-state index is -0.696. The average Bonchev–Trinajstić information content (AvgIpc) is 3.36. The number of carbonyl (C=O) groups excluding carboxylic acids is 1. The number of nitrogens with zero attached hydrogens (tertiary/aromatic N) is 3. The molecule has 0 radical (unpaired) electrons. The van der Waals surface area contributed by atoms with Gasteiger partial charge in [-0.25, -0.2) is 5.43 Å². The van der Waals surface area contributed by atoms with Crippen molar-refractivity contribution in [1.82, 2.24) is 10.9 Å². The molecule has 0 unspecified atom stereocenters. The SMILES string of the molecule is COc1cc(OC)c([N+](=O)[O-])cc1C=NNC(=O)C1=NNC(c2ccccc2)(c2ccccc2)C1. The minimum absolute atomic E-state index is 0.0533. The van der Waals surface area contributed by atoms with Crippen LogP contribution in [0.4, 0.5) is 5.69 Å². The minimum Gasteiger partial charge on any atom is -0.496 e. The summed E-state index contributed by atoms with van der Waals surface area (Å²) in [4.78, 5) is 23.6. The highest BCUT2D eigenvalue weighted by atomic mass is 16.6. The molecule has 0 saturated heterocycles. The molecule has 35 heavy (non-hydrogen) atoms. The number of nitro benzene ring substituents is 1. The number of nitrogens with one attached hydrogen (secondary N) is 2. The molecule has 10 nitrogen and oxygen atoms in total. The molecule has 0 aromatic heterocycles. The fourth-order valence-corrected chi connectivity index (χ4v) is 3.94. The Morgan fingerprint density at radius 1 is 1.06 bits per heavy atom. The van der Waals surface area contributed by atoms with Gasteiger partial charge in [-0.05, 0) is 11.1 Å². The van der Waals surface area contributed by atoms with Crippen LogP contribution in [0.5, 0.6) is 11.5 Å². The van der Waals surface area contributed by atoms with Crippen molar-refractivity contribution in [2.45, 2.75) is 12.0 Å². The largest absolute Gasteiger partial charge is 0.496 e. The average molecular weight is 473 g/mol. The van der Waals surface area contributed by atoms with Crippen molar-refractivity contribution in [1.29, 1.82) is 0 Å². The summed E-state index contributed by atoms with van der Waals surface area (Å²) >= 11 is 0. The van der Waals surface area contributed by atoms with Crippen LogP contribution in [0.15, 0.2) is 83.0 Å². The van der Waals surface area contributed by atoms with E-state index in [9.17, 15) is 14.9 Å². The standard InChI is InChI=1S/C25H23N5O5/c1-34-22-14-23(35-2)21(30(32)33)13-17(22)16-26-28-24(31)20-15-25(29-27-20,18-9-5-3-6-10-18)19-11-7-4-8-12-19/h3-14,16,29H,15H2,1-2H3,(H,28,31). The Morgan fingerprint density at radius 3 is 2.20 bits per heavy atom. The number of carbonyl (C=O) groups is 1. The molecule has 3 aromatic carbocycles. The van der Waals surface area contributed by atoms with Gasteiger partial charge in [0.2, 0.25) is 5.75 Å². The van der Waals surface area contributed by atoms with Gasteiger partial charge in [0, 0.05) is 24.1 Å². The van der Waals surface area contributed by atoms with Gasteiger partial charge in [-0.1, -0.05) is 60.7 Å². The number of amides is 1. The lowest BCUT2D eigenvalue weighted by Crippen LogP contribution is -2.38. The van der Waals surface area contributed by atoms with Gasteiger partial charge in [-0.2, -0.15) is 10.2 Å². The number of rotatable bonds is 8. The Bertz CT molecular complexity index is 1250. The lowest BCUT2D eigenvalue weighted by atomic mass is 9.80. The van der Waals surface area contributed by atoms with Crippen LogP contribution >= 0.6 is 0 Å². The van der Waals surface area contributed by atoms with Crippen molar-refractivity contribution in [3.8, 4) is 11.5 Å². The van der Waals surface area contributed by atoms with Gasteiger partial charge in [-0.15, -0.1) is 0 Å². The van der Waals surface area contributed by atoms with E-state index in [0.29, 0.717) is 17.7 Å². The van der Waals surface area contributed by atoms with Crippen LogP contribution in [-0.2, 0) is 10.3 Å². The summed E-state index contributed by atoms with van der Waals surface area (Å²) in [6.45, 7) is 0. The van der Waals surface area contributed by atoms with E-state index in [1.165, 1.54) is 32.6 Å². The Balaban J connectivity index is 1.54. The van der Waals surface area contributed by atoms with Crippen LogP contribution in [0.1, 0.15) is 23.1 Å². The van der Waals surface area contributed by atoms with Gasteiger partial charge in [0.05, 0.1) is 25.4 Å². The first kappa shape index (κ1) is 23.4. The zero-order valence-corrected chi connectivity index (χ0v) is 19.1. The van der Waals surface area contributed by atoms with Gasteiger partial charge in [0.25, 0.3) is 5.91 Å². The summed E-state index contributed by atoms with van der Waals surface area (Å²) in [5, 5.41) is 19.6. The van der Waals surface area contributed by atoms with Crippen LogP contribution < -0.4 is 20.3 Å². The lowest BCUT2D eigenvalue weighted by Gasteiger charge is -2.30. The third-order valence-corrected chi connectivity index (χ3v) is 5.71. The zero-order valence-electron chi connectivity index (χ0n) is 19.1. The van der Waals surface area contributed by atoms with Crippen LogP contribution in [-0.4, -0.2) is 37.0 Å². The molecule has 1 amide bonds. The molecule has 1 heterocycles. The number of benzene rings is 3. The Labute approximate surface area is 201 Å². The van der Waals surface area contributed by atoms with E-state index in [-0.39, 0.29) is 17.1 Å². The summed E-state index contributed by atoms with van der Waals surface area (Å²) in [7, 11) is 2.75. The maximum absolute atomic E-state index is 12.9. The number of hydrogen-bond donors (Lipinski definition) is 2. The highest BCUT2D eigenvalue weighted by Crippen LogP contribution is 2.36. The highest BCUT2D eigenvalue weighted by Gasteiger charge is 2.41. The Kier molecular flexibility index (Phi) is 6.72. The number of methoxy groups -OCH3 is 2. The maximum atomic E-state index is 12.9. The molecule has 3 aromatic rings. The van der Waals surface area contributed by atoms with E-state index in [2.05, 4.69) is 21.1 Å². The summed E-state index contributed by atoms with van der Waals surface area (Å²) < 4.78 is 10.3. The first-order valence-electron chi connectivity index (χ1n) is 10.7. The monoisotopic (exact) mass is 473 g/mol. The van der Waals surface area contributed by atoms with Crippen LogP contribution in [0.2, 0.25) is 0 Å². The number of hydrazone groups is 2. The molecule has 1 aliphatic rings. The molecule has 0 saturated carbocycles. The van der Waals surface area contributed by atoms with E-state index < -0.39 is 16.4 Å². The second kappa shape index (κ2) is 10.0. The van der Waals surface area contributed by atoms with Crippen molar-refractivity contribution in [3.63, 3.8) is 0 Å².